The van der Waals surface area contributed by atoms with Gasteiger partial charge in [-0.1, -0.05) is 24.3 Å². The van der Waals surface area contributed by atoms with Gasteiger partial charge in [0.1, 0.15) is 0 Å². The van der Waals surface area contributed by atoms with Gasteiger partial charge >= 0.3 is 5.97 Å². The summed E-state index contributed by atoms with van der Waals surface area (Å²) in [6.45, 7) is 1.47. The Morgan fingerprint density at radius 2 is 2.06 bits per heavy atom. The molecule has 18 heavy (non-hydrogen) atoms. The summed E-state index contributed by atoms with van der Waals surface area (Å²) in [5, 5.41) is 8.52. The van der Waals surface area contributed by atoms with Crippen molar-refractivity contribution in [2.45, 2.75) is 19.4 Å². The predicted octanol–water partition coefficient (Wildman–Crippen LogP) is 1.91. The summed E-state index contributed by atoms with van der Waals surface area (Å²) in [6.07, 6.45) is 4.25. The number of likely N-dealkylation sites (tertiary alicyclic amines) is 1. The fraction of sp³-hybridized carbons (Fsp3) is 0.286. The van der Waals surface area contributed by atoms with E-state index in [-0.39, 0.29) is 5.91 Å². The molecule has 0 aromatic heterocycles. The molecule has 1 aromatic rings. The van der Waals surface area contributed by atoms with Gasteiger partial charge in [0.25, 0.3) is 0 Å². The minimum Gasteiger partial charge on any atom is -0.478 e. The Bertz CT molecular complexity index is 476. The number of carbonyl (C=O) groups is 2. The molecule has 0 atom stereocenters. The van der Waals surface area contributed by atoms with E-state index >= 15 is 0 Å². The van der Waals surface area contributed by atoms with Gasteiger partial charge in [0.2, 0.25) is 5.91 Å². The number of carboxylic acid groups (broad SMARTS) is 1. The number of aliphatic carboxylic acids is 1. The number of rotatable bonds is 4. The lowest BCUT2D eigenvalue weighted by molar-refractivity contribution is -0.131. The molecule has 1 aliphatic heterocycles. The van der Waals surface area contributed by atoms with Gasteiger partial charge in [-0.3, -0.25) is 4.79 Å². The molecule has 1 saturated heterocycles. The standard InChI is InChI=1S/C14H15NO3/c16-13-2-1-9-15(13)10-12-5-3-11(4-6-12)7-8-14(17)18/h3-8H,1-2,9-10H2,(H,17,18). The highest BCUT2D eigenvalue weighted by Gasteiger charge is 2.19. The minimum absolute atomic E-state index is 0.213. The van der Waals surface area contributed by atoms with Gasteiger partial charge in [-0.15, -0.1) is 0 Å². The average Bonchev–Trinajstić information content (AvgIpc) is 2.74. The van der Waals surface area contributed by atoms with Gasteiger partial charge in [0, 0.05) is 25.6 Å². The zero-order valence-electron chi connectivity index (χ0n) is 10.0. The summed E-state index contributed by atoms with van der Waals surface area (Å²) in [6, 6.07) is 7.56. The quantitative estimate of drug-likeness (QED) is 0.824. The first-order chi connectivity index (χ1) is 8.65. The van der Waals surface area contributed by atoms with Crippen molar-refractivity contribution < 1.29 is 14.7 Å². The maximum atomic E-state index is 11.5. The van der Waals surface area contributed by atoms with Crippen LogP contribution in [0.2, 0.25) is 0 Å². The van der Waals surface area contributed by atoms with E-state index in [2.05, 4.69) is 0 Å². The highest BCUT2D eigenvalue weighted by Crippen LogP contribution is 2.15. The molecule has 0 aliphatic carbocycles. The molecule has 1 amide bonds. The Kier molecular flexibility index (Phi) is 3.77. The topological polar surface area (TPSA) is 57.6 Å². The monoisotopic (exact) mass is 245 g/mol. The molecule has 0 unspecified atom stereocenters. The van der Waals surface area contributed by atoms with E-state index in [0.717, 1.165) is 30.2 Å². The van der Waals surface area contributed by atoms with Crippen molar-refractivity contribution in [3.8, 4) is 0 Å². The van der Waals surface area contributed by atoms with Crippen molar-refractivity contribution in [3.63, 3.8) is 0 Å². The maximum absolute atomic E-state index is 11.5. The molecule has 0 bridgehead atoms. The van der Waals surface area contributed by atoms with E-state index < -0.39 is 5.97 Å². The first kappa shape index (κ1) is 12.4. The number of hydrogen-bond acceptors (Lipinski definition) is 2. The SMILES string of the molecule is O=C(O)C=Cc1ccc(CN2CCCC2=O)cc1. The Morgan fingerprint density at radius 3 is 2.61 bits per heavy atom. The van der Waals surface area contributed by atoms with Crippen LogP contribution in [0.15, 0.2) is 30.3 Å². The number of amides is 1. The fourth-order valence-electron chi connectivity index (χ4n) is 1.99. The van der Waals surface area contributed by atoms with Gasteiger partial charge in [-0.25, -0.2) is 4.79 Å². The maximum Gasteiger partial charge on any atom is 0.328 e. The summed E-state index contributed by atoms with van der Waals surface area (Å²) in [7, 11) is 0. The molecular formula is C14H15NO3. The highest BCUT2D eigenvalue weighted by molar-refractivity contribution is 5.85. The van der Waals surface area contributed by atoms with Crippen molar-refractivity contribution in [1.29, 1.82) is 0 Å². The molecule has 1 fully saturated rings. The van der Waals surface area contributed by atoms with Crippen LogP contribution < -0.4 is 0 Å². The van der Waals surface area contributed by atoms with E-state index in [4.69, 9.17) is 5.11 Å². The van der Waals surface area contributed by atoms with E-state index in [1.807, 2.05) is 29.2 Å². The zero-order chi connectivity index (χ0) is 13.0. The van der Waals surface area contributed by atoms with E-state index in [0.29, 0.717) is 13.0 Å². The summed E-state index contributed by atoms with van der Waals surface area (Å²) in [5.41, 5.74) is 1.91. The van der Waals surface area contributed by atoms with Gasteiger partial charge in [0.15, 0.2) is 0 Å². The summed E-state index contributed by atoms with van der Waals surface area (Å²) in [4.78, 5) is 23.7. The second kappa shape index (κ2) is 5.49. The molecule has 2 rings (SSSR count). The summed E-state index contributed by atoms with van der Waals surface area (Å²) >= 11 is 0. The van der Waals surface area contributed by atoms with Crippen LogP contribution in [0.5, 0.6) is 0 Å². The molecule has 1 heterocycles. The lowest BCUT2D eigenvalue weighted by Crippen LogP contribution is -2.23. The van der Waals surface area contributed by atoms with Crippen molar-refractivity contribution in [1.82, 2.24) is 4.90 Å². The van der Waals surface area contributed by atoms with E-state index in [1.165, 1.54) is 0 Å². The third-order valence-electron chi connectivity index (χ3n) is 2.94. The number of carboxylic acids is 1. The molecule has 94 valence electrons. The van der Waals surface area contributed by atoms with Crippen molar-refractivity contribution in [2.24, 2.45) is 0 Å². The third-order valence-corrected chi connectivity index (χ3v) is 2.94. The molecule has 0 spiro atoms. The number of hydrogen-bond donors (Lipinski definition) is 1. The Labute approximate surface area is 106 Å². The second-order valence-corrected chi connectivity index (χ2v) is 4.33. The lowest BCUT2D eigenvalue weighted by Gasteiger charge is -2.15. The number of benzene rings is 1. The smallest absolute Gasteiger partial charge is 0.328 e. The fourth-order valence-corrected chi connectivity index (χ4v) is 1.99. The zero-order valence-corrected chi connectivity index (χ0v) is 10.0. The van der Waals surface area contributed by atoms with E-state index in [1.54, 1.807) is 6.08 Å². The van der Waals surface area contributed by atoms with Crippen LogP contribution in [0, 0.1) is 0 Å². The summed E-state index contributed by atoms with van der Waals surface area (Å²) in [5.74, 6) is -0.744. The van der Waals surface area contributed by atoms with E-state index in [9.17, 15) is 9.59 Å². The third kappa shape index (κ3) is 3.20. The van der Waals surface area contributed by atoms with Crippen LogP contribution in [-0.4, -0.2) is 28.4 Å². The second-order valence-electron chi connectivity index (χ2n) is 4.33. The Morgan fingerprint density at radius 1 is 1.33 bits per heavy atom. The largest absolute Gasteiger partial charge is 0.478 e. The normalized spacial score (nSPS) is 15.6. The van der Waals surface area contributed by atoms with Crippen LogP contribution in [0.25, 0.3) is 6.08 Å². The molecule has 4 heteroatoms. The van der Waals surface area contributed by atoms with Crippen LogP contribution in [0.4, 0.5) is 0 Å². The highest BCUT2D eigenvalue weighted by atomic mass is 16.4. The van der Waals surface area contributed by atoms with Crippen molar-refractivity contribution >= 4 is 18.0 Å². The Balaban J connectivity index is 1.99. The van der Waals surface area contributed by atoms with Gasteiger partial charge in [0.05, 0.1) is 0 Å². The number of carbonyl (C=O) groups excluding carboxylic acids is 1. The van der Waals surface area contributed by atoms with Gasteiger partial charge in [-0.2, -0.15) is 0 Å². The van der Waals surface area contributed by atoms with Crippen LogP contribution >= 0.6 is 0 Å². The molecule has 4 nitrogen and oxygen atoms in total. The molecule has 0 radical (unpaired) electrons. The number of nitrogens with zero attached hydrogens (tertiary/aromatic N) is 1. The molecular weight excluding hydrogens is 230 g/mol. The predicted molar refractivity (Wildman–Crippen MR) is 67.8 cm³/mol. The van der Waals surface area contributed by atoms with Gasteiger partial charge < -0.3 is 10.0 Å². The first-order valence-electron chi connectivity index (χ1n) is 5.93. The van der Waals surface area contributed by atoms with Crippen molar-refractivity contribution in [3.05, 3.63) is 41.5 Å². The molecule has 1 N–H and O–H groups in total. The first-order valence-corrected chi connectivity index (χ1v) is 5.93. The van der Waals surface area contributed by atoms with Crippen LogP contribution in [-0.2, 0) is 16.1 Å². The molecule has 1 aromatic carbocycles. The minimum atomic E-state index is -0.957. The summed E-state index contributed by atoms with van der Waals surface area (Å²) < 4.78 is 0. The molecule has 0 saturated carbocycles. The average molecular weight is 245 g/mol. The Hall–Kier alpha value is -2.10. The van der Waals surface area contributed by atoms with Crippen LogP contribution in [0.3, 0.4) is 0 Å². The molecule has 1 aliphatic rings. The van der Waals surface area contributed by atoms with Crippen molar-refractivity contribution in [2.75, 3.05) is 6.54 Å². The van der Waals surface area contributed by atoms with Crippen LogP contribution in [0.1, 0.15) is 24.0 Å². The van der Waals surface area contributed by atoms with Gasteiger partial charge in [-0.05, 0) is 23.6 Å². The lowest BCUT2D eigenvalue weighted by atomic mass is 10.1.